The number of nitrogens with zero attached hydrogens (tertiary/aromatic N) is 1. The molecule has 0 heterocycles. The molecule has 0 spiro atoms. The topological polar surface area (TPSA) is 32.3 Å². The Kier molecular flexibility index (Phi) is 6.14. The van der Waals surface area contributed by atoms with Crippen molar-refractivity contribution in [2.45, 2.75) is 19.0 Å². The third kappa shape index (κ3) is 5.71. The zero-order chi connectivity index (χ0) is 16.0. The van der Waals surface area contributed by atoms with Crippen molar-refractivity contribution in [1.29, 1.82) is 0 Å². The van der Waals surface area contributed by atoms with Crippen LogP contribution in [0.15, 0.2) is 18.2 Å². The number of benzene rings is 1. The highest BCUT2D eigenvalue weighted by atomic mass is 19.4. The molecule has 1 aromatic rings. The summed E-state index contributed by atoms with van der Waals surface area (Å²) in [5, 5.41) is 2.43. The van der Waals surface area contributed by atoms with E-state index in [0.29, 0.717) is 31.2 Å². The Bertz CT molecular complexity index is 486. The van der Waals surface area contributed by atoms with E-state index in [9.17, 15) is 22.4 Å². The van der Waals surface area contributed by atoms with Crippen molar-refractivity contribution in [3.05, 3.63) is 35.1 Å². The Labute approximate surface area is 120 Å². The van der Waals surface area contributed by atoms with E-state index >= 15 is 0 Å². The molecule has 0 bridgehead atoms. The summed E-state index contributed by atoms with van der Waals surface area (Å²) in [6.07, 6.45) is -3.10. The van der Waals surface area contributed by atoms with Crippen molar-refractivity contribution in [2.75, 3.05) is 27.2 Å². The zero-order valence-corrected chi connectivity index (χ0v) is 11.9. The molecule has 0 saturated carbocycles. The SMILES string of the molecule is CN(C)CCCCNC(=O)c1cc(C(F)(F)F)ccc1F. The van der Waals surface area contributed by atoms with E-state index in [-0.39, 0.29) is 0 Å². The Hall–Kier alpha value is -1.63. The first-order chi connectivity index (χ1) is 9.71. The predicted molar refractivity (Wildman–Crippen MR) is 71.5 cm³/mol. The summed E-state index contributed by atoms with van der Waals surface area (Å²) in [5.74, 6) is -1.79. The number of unbranched alkanes of at least 4 members (excludes halogenated alkanes) is 1. The van der Waals surface area contributed by atoms with Gasteiger partial charge in [0.2, 0.25) is 0 Å². The van der Waals surface area contributed by atoms with E-state index in [4.69, 9.17) is 0 Å². The van der Waals surface area contributed by atoms with Crippen LogP contribution >= 0.6 is 0 Å². The van der Waals surface area contributed by atoms with Gasteiger partial charge in [0.1, 0.15) is 5.82 Å². The van der Waals surface area contributed by atoms with Crippen LogP contribution in [-0.4, -0.2) is 38.0 Å². The van der Waals surface area contributed by atoms with E-state index in [2.05, 4.69) is 5.32 Å². The standard InChI is InChI=1S/C14H18F4N2O/c1-20(2)8-4-3-7-19-13(21)11-9-10(14(16,17)18)5-6-12(11)15/h5-6,9H,3-4,7-8H2,1-2H3,(H,19,21). The largest absolute Gasteiger partial charge is 0.416 e. The van der Waals surface area contributed by atoms with Gasteiger partial charge in [-0.1, -0.05) is 0 Å². The van der Waals surface area contributed by atoms with Crippen LogP contribution in [0.1, 0.15) is 28.8 Å². The number of alkyl halides is 3. The minimum atomic E-state index is -4.60. The smallest absolute Gasteiger partial charge is 0.352 e. The van der Waals surface area contributed by atoms with Gasteiger partial charge < -0.3 is 10.2 Å². The first-order valence-electron chi connectivity index (χ1n) is 6.51. The van der Waals surface area contributed by atoms with Crippen LogP contribution in [0.25, 0.3) is 0 Å². The summed E-state index contributed by atoms with van der Waals surface area (Å²) >= 11 is 0. The van der Waals surface area contributed by atoms with E-state index < -0.39 is 29.0 Å². The van der Waals surface area contributed by atoms with Crippen LogP contribution in [0.4, 0.5) is 17.6 Å². The molecule has 118 valence electrons. The van der Waals surface area contributed by atoms with Crippen LogP contribution < -0.4 is 5.32 Å². The number of carbonyl (C=O) groups excluding carboxylic acids is 1. The number of hydrogen-bond donors (Lipinski definition) is 1. The van der Waals surface area contributed by atoms with E-state index in [1.165, 1.54) is 0 Å². The van der Waals surface area contributed by atoms with Gasteiger partial charge in [0.25, 0.3) is 5.91 Å². The molecule has 0 saturated heterocycles. The van der Waals surface area contributed by atoms with E-state index in [1.807, 2.05) is 19.0 Å². The summed E-state index contributed by atoms with van der Waals surface area (Å²) in [4.78, 5) is 13.7. The molecule has 0 aliphatic rings. The minimum absolute atomic E-state index is 0.294. The van der Waals surface area contributed by atoms with Crippen molar-refractivity contribution < 1.29 is 22.4 Å². The molecule has 1 aromatic carbocycles. The summed E-state index contributed by atoms with van der Waals surface area (Å²) in [7, 11) is 3.83. The molecule has 0 fully saturated rings. The lowest BCUT2D eigenvalue weighted by Gasteiger charge is -2.11. The highest BCUT2D eigenvalue weighted by molar-refractivity contribution is 5.94. The zero-order valence-electron chi connectivity index (χ0n) is 11.9. The number of hydrogen-bond acceptors (Lipinski definition) is 2. The summed E-state index contributed by atoms with van der Waals surface area (Å²) in [6.45, 7) is 1.14. The van der Waals surface area contributed by atoms with Gasteiger partial charge in [0, 0.05) is 6.54 Å². The molecule has 0 aliphatic carbocycles. The molecule has 1 rings (SSSR count). The molecule has 3 nitrogen and oxygen atoms in total. The van der Waals surface area contributed by atoms with Crippen molar-refractivity contribution in [1.82, 2.24) is 10.2 Å². The average molecular weight is 306 g/mol. The lowest BCUT2D eigenvalue weighted by Crippen LogP contribution is -2.26. The summed E-state index contributed by atoms with van der Waals surface area (Å²) in [6, 6.07) is 1.80. The Morgan fingerprint density at radius 3 is 2.48 bits per heavy atom. The lowest BCUT2D eigenvalue weighted by atomic mass is 10.1. The van der Waals surface area contributed by atoms with Gasteiger partial charge in [-0.15, -0.1) is 0 Å². The van der Waals surface area contributed by atoms with Crippen molar-refractivity contribution >= 4 is 5.91 Å². The van der Waals surface area contributed by atoms with Crippen molar-refractivity contribution in [2.24, 2.45) is 0 Å². The van der Waals surface area contributed by atoms with Gasteiger partial charge >= 0.3 is 6.18 Å². The molecule has 21 heavy (non-hydrogen) atoms. The lowest BCUT2D eigenvalue weighted by molar-refractivity contribution is -0.137. The molecular formula is C14H18F4N2O. The fourth-order valence-corrected chi connectivity index (χ4v) is 1.73. The second-order valence-corrected chi connectivity index (χ2v) is 4.96. The number of nitrogens with one attached hydrogen (secondary N) is 1. The molecule has 0 aliphatic heterocycles. The highest BCUT2D eigenvalue weighted by Crippen LogP contribution is 2.30. The second-order valence-electron chi connectivity index (χ2n) is 4.96. The first-order valence-corrected chi connectivity index (χ1v) is 6.51. The van der Waals surface area contributed by atoms with Gasteiger partial charge in [-0.3, -0.25) is 4.79 Å². The van der Waals surface area contributed by atoms with Gasteiger partial charge in [-0.2, -0.15) is 13.2 Å². The van der Waals surface area contributed by atoms with Gasteiger partial charge in [0.15, 0.2) is 0 Å². The number of halogens is 4. The van der Waals surface area contributed by atoms with Gasteiger partial charge in [0.05, 0.1) is 11.1 Å². The molecule has 7 heteroatoms. The number of carbonyl (C=O) groups is 1. The van der Waals surface area contributed by atoms with Crippen molar-refractivity contribution in [3.8, 4) is 0 Å². The fourth-order valence-electron chi connectivity index (χ4n) is 1.73. The Balaban J connectivity index is 2.61. The van der Waals surface area contributed by atoms with Crippen LogP contribution in [0.3, 0.4) is 0 Å². The van der Waals surface area contributed by atoms with Gasteiger partial charge in [-0.25, -0.2) is 4.39 Å². The third-order valence-electron chi connectivity index (χ3n) is 2.86. The molecule has 1 amide bonds. The maximum absolute atomic E-state index is 13.5. The maximum atomic E-state index is 13.5. The number of rotatable bonds is 6. The number of amides is 1. The Morgan fingerprint density at radius 1 is 1.24 bits per heavy atom. The summed E-state index contributed by atoms with van der Waals surface area (Å²) < 4.78 is 51.1. The Morgan fingerprint density at radius 2 is 1.90 bits per heavy atom. The molecule has 0 atom stereocenters. The van der Waals surface area contributed by atoms with Crippen LogP contribution in [0.5, 0.6) is 0 Å². The molecule has 0 aromatic heterocycles. The fraction of sp³-hybridized carbons (Fsp3) is 0.500. The molecule has 0 radical (unpaired) electrons. The van der Waals surface area contributed by atoms with Crippen molar-refractivity contribution in [3.63, 3.8) is 0 Å². The molecule has 1 N–H and O–H groups in total. The quantitative estimate of drug-likeness (QED) is 0.647. The minimum Gasteiger partial charge on any atom is -0.352 e. The average Bonchev–Trinajstić information content (AvgIpc) is 2.36. The maximum Gasteiger partial charge on any atom is 0.416 e. The third-order valence-corrected chi connectivity index (χ3v) is 2.86. The van der Waals surface area contributed by atoms with Crippen LogP contribution in [-0.2, 0) is 6.18 Å². The van der Waals surface area contributed by atoms with Gasteiger partial charge in [-0.05, 0) is 51.7 Å². The predicted octanol–water partition coefficient (Wildman–Crippen LogP) is 2.92. The monoisotopic (exact) mass is 306 g/mol. The van der Waals surface area contributed by atoms with E-state index in [0.717, 1.165) is 13.0 Å². The highest BCUT2D eigenvalue weighted by Gasteiger charge is 2.31. The van der Waals surface area contributed by atoms with Crippen LogP contribution in [0, 0.1) is 5.82 Å². The summed E-state index contributed by atoms with van der Waals surface area (Å²) in [5.41, 5.74) is -1.63. The molecular weight excluding hydrogens is 288 g/mol. The first kappa shape index (κ1) is 17.4. The van der Waals surface area contributed by atoms with E-state index in [1.54, 1.807) is 0 Å². The van der Waals surface area contributed by atoms with Crippen LogP contribution in [0.2, 0.25) is 0 Å². The molecule has 0 unspecified atom stereocenters. The second kappa shape index (κ2) is 7.40. The normalized spacial score (nSPS) is 11.8.